The maximum absolute atomic E-state index is 14.0. The number of methoxy groups -OCH3 is 1. The van der Waals surface area contributed by atoms with Crippen LogP contribution in [-0.4, -0.2) is 90.0 Å². The van der Waals surface area contributed by atoms with E-state index in [4.69, 9.17) is 19.6 Å². The number of hydrogen-bond donors (Lipinski definition) is 0. The summed E-state index contributed by atoms with van der Waals surface area (Å²) < 4.78 is 38.4. The highest BCUT2D eigenvalue weighted by atomic mass is 32.2. The van der Waals surface area contributed by atoms with Crippen molar-refractivity contribution < 1.29 is 27.5 Å². The summed E-state index contributed by atoms with van der Waals surface area (Å²) in [5, 5.41) is 5.73. The molecule has 0 atom stereocenters. The Bertz CT molecular complexity index is 1950. The van der Waals surface area contributed by atoms with Gasteiger partial charge in [-0.1, -0.05) is 6.07 Å². The molecule has 0 N–H and O–H groups in total. The fourth-order valence-electron chi connectivity index (χ4n) is 5.58. The molecule has 1 fully saturated rings. The SMILES string of the molecule is COc1ccc(-c2c(C)nn3c(N(Cc4sc(C)nc4C)C(=O)OC(C)(C)C)cc(N4CCN(C(C)=O)CC4)nc23)cc1S(C)(=O)=O. The summed E-state index contributed by atoms with van der Waals surface area (Å²) in [4.78, 5) is 42.0. The Morgan fingerprint density at radius 3 is 2.26 bits per heavy atom. The van der Waals surface area contributed by atoms with Crippen LogP contribution in [0, 0.1) is 20.8 Å². The molecule has 5 rings (SSSR count). The van der Waals surface area contributed by atoms with Gasteiger partial charge in [-0.05, 0) is 59.2 Å². The molecule has 3 aromatic heterocycles. The monoisotopic (exact) mass is 683 g/mol. The molecule has 0 spiro atoms. The summed E-state index contributed by atoms with van der Waals surface area (Å²) in [6.07, 6.45) is 0.565. The van der Waals surface area contributed by atoms with Crippen molar-refractivity contribution in [3.8, 4) is 16.9 Å². The van der Waals surface area contributed by atoms with Crippen LogP contribution in [0.1, 0.15) is 49.0 Å². The number of ether oxygens (including phenoxy) is 2. The fourth-order valence-corrected chi connectivity index (χ4v) is 7.36. The predicted octanol–water partition coefficient (Wildman–Crippen LogP) is 4.80. The van der Waals surface area contributed by atoms with Gasteiger partial charge in [0, 0.05) is 55.9 Å². The molecule has 47 heavy (non-hydrogen) atoms. The molecule has 4 heterocycles. The van der Waals surface area contributed by atoms with Crippen LogP contribution in [-0.2, 0) is 25.9 Å². The highest BCUT2D eigenvalue weighted by Gasteiger charge is 2.31. The zero-order valence-corrected chi connectivity index (χ0v) is 29.9. The van der Waals surface area contributed by atoms with Crippen molar-refractivity contribution in [2.24, 2.45) is 0 Å². The van der Waals surface area contributed by atoms with E-state index < -0.39 is 21.5 Å². The van der Waals surface area contributed by atoms with Crippen molar-refractivity contribution >= 4 is 50.5 Å². The number of piperazine rings is 1. The average Bonchev–Trinajstić information content (AvgIpc) is 3.49. The van der Waals surface area contributed by atoms with Crippen LogP contribution in [0.4, 0.5) is 16.4 Å². The molecule has 1 aliphatic heterocycles. The Hall–Kier alpha value is -4.24. The number of sulfone groups is 1. The normalized spacial score (nSPS) is 14.1. The lowest BCUT2D eigenvalue weighted by atomic mass is 10.1. The van der Waals surface area contributed by atoms with Gasteiger partial charge >= 0.3 is 6.09 Å². The Balaban J connectivity index is 1.76. The van der Waals surface area contributed by atoms with Gasteiger partial charge in [0.15, 0.2) is 15.5 Å². The number of carbonyl (C=O) groups excluding carboxylic acids is 2. The highest BCUT2D eigenvalue weighted by molar-refractivity contribution is 7.90. The van der Waals surface area contributed by atoms with Crippen molar-refractivity contribution in [2.75, 3.05) is 49.3 Å². The molecule has 0 bridgehead atoms. The van der Waals surface area contributed by atoms with Crippen LogP contribution in [0.5, 0.6) is 5.75 Å². The number of carbonyl (C=O) groups is 2. The molecule has 2 amide bonds. The van der Waals surface area contributed by atoms with E-state index in [1.807, 2.05) is 47.6 Å². The maximum atomic E-state index is 14.0. The van der Waals surface area contributed by atoms with Gasteiger partial charge < -0.3 is 19.3 Å². The number of nitrogens with zero attached hydrogens (tertiary/aromatic N) is 7. The molecule has 1 aliphatic rings. The molecule has 15 heteroatoms. The maximum Gasteiger partial charge on any atom is 0.416 e. The first kappa shape index (κ1) is 34.1. The van der Waals surface area contributed by atoms with Gasteiger partial charge in [0.25, 0.3) is 0 Å². The van der Waals surface area contributed by atoms with Gasteiger partial charge in [-0.25, -0.2) is 23.2 Å². The Morgan fingerprint density at radius 2 is 1.70 bits per heavy atom. The van der Waals surface area contributed by atoms with Gasteiger partial charge in [0.1, 0.15) is 27.9 Å². The van der Waals surface area contributed by atoms with Crippen molar-refractivity contribution in [2.45, 2.75) is 65.5 Å². The van der Waals surface area contributed by atoms with Crippen molar-refractivity contribution in [3.05, 3.63) is 45.5 Å². The molecule has 0 aliphatic carbocycles. The summed E-state index contributed by atoms with van der Waals surface area (Å²) in [6.45, 7) is 14.9. The minimum Gasteiger partial charge on any atom is -0.495 e. The van der Waals surface area contributed by atoms with Crippen LogP contribution in [0.15, 0.2) is 29.2 Å². The highest BCUT2D eigenvalue weighted by Crippen LogP contribution is 2.37. The van der Waals surface area contributed by atoms with E-state index in [1.165, 1.54) is 18.4 Å². The first-order chi connectivity index (χ1) is 22.0. The van der Waals surface area contributed by atoms with Gasteiger partial charge in [-0.3, -0.25) is 9.69 Å². The largest absolute Gasteiger partial charge is 0.495 e. The van der Waals surface area contributed by atoms with E-state index in [1.54, 1.807) is 39.4 Å². The van der Waals surface area contributed by atoms with Crippen molar-refractivity contribution in [3.63, 3.8) is 0 Å². The number of hydrogen-bond acceptors (Lipinski definition) is 11. The number of rotatable bonds is 7. The molecular formula is C32H41N7O6S2. The van der Waals surface area contributed by atoms with E-state index in [-0.39, 0.29) is 23.1 Å². The summed E-state index contributed by atoms with van der Waals surface area (Å²) in [7, 11) is -2.21. The average molecular weight is 684 g/mol. The second-order valence-corrected chi connectivity index (χ2v) is 15.9. The van der Waals surface area contributed by atoms with Crippen molar-refractivity contribution in [1.82, 2.24) is 24.5 Å². The van der Waals surface area contributed by atoms with Crippen LogP contribution >= 0.6 is 11.3 Å². The molecule has 1 aromatic carbocycles. The molecule has 13 nitrogen and oxygen atoms in total. The number of amides is 2. The van der Waals surface area contributed by atoms with Gasteiger partial charge in [-0.15, -0.1) is 11.3 Å². The topological polar surface area (TPSA) is 140 Å². The molecule has 1 saturated heterocycles. The van der Waals surface area contributed by atoms with Crippen LogP contribution in [0.3, 0.4) is 0 Å². The van der Waals surface area contributed by atoms with E-state index in [9.17, 15) is 18.0 Å². The fraction of sp³-hybridized carbons (Fsp3) is 0.469. The lowest BCUT2D eigenvalue weighted by molar-refractivity contribution is -0.129. The summed E-state index contributed by atoms with van der Waals surface area (Å²) in [5.74, 6) is 1.24. The number of fused-ring (bicyclic) bond motifs is 1. The lowest BCUT2D eigenvalue weighted by Gasteiger charge is -2.35. The quantitative estimate of drug-likeness (QED) is 0.267. The van der Waals surface area contributed by atoms with Gasteiger partial charge in [0.2, 0.25) is 5.91 Å². The Labute approximate surface area is 279 Å². The number of benzene rings is 1. The zero-order valence-electron chi connectivity index (χ0n) is 28.2. The second kappa shape index (κ2) is 12.8. The number of thiazole rings is 1. The summed E-state index contributed by atoms with van der Waals surface area (Å²) >= 11 is 1.50. The van der Waals surface area contributed by atoms with Crippen molar-refractivity contribution in [1.29, 1.82) is 0 Å². The van der Waals surface area contributed by atoms with Crippen LogP contribution < -0.4 is 14.5 Å². The first-order valence-electron chi connectivity index (χ1n) is 15.2. The zero-order chi connectivity index (χ0) is 34.4. The molecule has 4 aromatic rings. The minimum absolute atomic E-state index is 0.00922. The third-order valence-corrected chi connectivity index (χ3v) is 10.00. The Morgan fingerprint density at radius 1 is 1.02 bits per heavy atom. The Kier molecular flexibility index (Phi) is 9.25. The summed E-state index contributed by atoms with van der Waals surface area (Å²) in [6, 6.07) is 6.76. The summed E-state index contributed by atoms with van der Waals surface area (Å²) in [5.41, 5.74) is 2.24. The molecule has 0 unspecified atom stereocenters. The van der Waals surface area contributed by atoms with E-state index in [0.717, 1.165) is 21.8 Å². The number of aryl methyl sites for hydroxylation is 3. The predicted molar refractivity (Wildman–Crippen MR) is 181 cm³/mol. The van der Waals surface area contributed by atoms with E-state index in [2.05, 4.69) is 9.88 Å². The first-order valence-corrected chi connectivity index (χ1v) is 17.9. The molecular weight excluding hydrogens is 643 g/mol. The molecule has 252 valence electrons. The standard InChI is InChI=1S/C32H41N7O6S2/c1-19-25(46-21(3)33-19)18-38(31(41)45-32(5,6)7)28-17-27(37-14-12-36(13-15-37)22(4)40)34-30-29(20(2)35-39(28)30)23-10-11-24(44-8)26(16-23)47(9,42)43/h10-11,16-17H,12-15,18H2,1-9H3. The third-order valence-electron chi connectivity index (χ3n) is 7.82. The van der Waals surface area contributed by atoms with Crippen LogP contribution in [0.25, 0.3) is 16.8 Å². The smallest absolute Gasteiger partial charge is 0.416 e. The molecule has 0 radical (unpaired) electrons. The molecule has 0 saturated carbocycles. The second-order valence-electron chi connectivity index (χ2n) is 12.6. The minimum atomic E-state index is -3.64. The van der Waals surface area contributed by atoms with Crippen LogP contribution in [0.2, 0.25) is 0 Å². The number of aromatic nitrogens is 4. The van der Waals surface area contributed by atoms with E-state index >= 15 is 0 Å². The number of anilines is 2. The lowest BCUT2D eigenvalue weighted by Crippen LogP contribution is -2.48. The third kappa shape index (κ3) is 7.20. The van der Waals surface area contributed by atoms with Gasteiger partial charge in [0.05, 0.1) is 30.1 Å². The van der Waals surface area contributed by atoms with E-state index in [0.29, 0.717) is 60.3 Å². The van der Waals surface area contributed by atoms with Gasteiger partial charge in [-0.2, -0.15) is 9.61 Å².